The van der Waals surface area contributed by atoms with Crippen LogP contribution < -0.4 is 5.32 Å². The first-order valence-electron chi connectivity index (χ1n) is 5.50. The Hall–Kier alpha value is -1.70. The number of anilines is 1. The Morgan fingerprint density at radius 2 is 2.17 bits per heavy atom. The third-order valence-corrected chi connectivity index (χ3v) is 4.52. The van der Waals surface area contributed by atoms with Gasteiger partial charge >= 0.3 is 5.97 Å². The summed E-state index contributed by atoms with van der Waals surface area (Å²) in [6.07, 6.45) is 1.38. The van der Waals surface area contributed by atoms with Gasteiger partial charge in [0.2, 0.25) is 0 Å². The van der Waals surface area contributed by atoms with E-state index in [1.807, 2.05) is 0 Å². The molecule has 0 radical (unpaired) electrons. The minimum absolute atomic E-state index is 0.0787. The minimum atomic E-state index is -2.98. The Balaban J connectivity index is 2.03. The van der Waals surface area contributed by atoms with E-state index in [0.717, 1.165) is 6.42 Å². The van der Waals surface area contributed by atoms with Crippen LogP contribution in [0.25, 0.3) is 0 Å². The van der Waals surface area contributed by atoms with E-state index in [2.05, 4.69) is 15.5 Å². The summed E-state index contributed by atoms with van der Waals surface area (Å²) < 4.78 is 22.9. The van der Waals surface area contributed by atoms with Gasteiger partial charge in [0.25, 0.3) is 0 Å². The summed E-state index contributed by atoms with van der Waals surface area (Å²) in [4.78, 5) is 10.6. The Kier molecular flexibility index (Phi) is 3.46. The molecule has 0 amide bonds. The molecule has 1 fully saturated rings. The zero-order valence-electron chi connectivity index (χ0n) is 9.54. The number of nitrogens with one attached hydrogen (secondary N) is 1. The lowest BCUT2D eigenvalue weighted by Gasteiger charge is -2.23. The maximum Gasteiger partial charge on any atom is 0.356 e. The van der Waals surface area contributed by atoms with E-state index in [1.54, 1.807) is 0 Å². The third kappa shape index (κ3) is 3.16. The molecule has 98 valence electrons. The SMILES string of the molecule is O=C(O)c1ccc(NC2CCCS(=O)(=O)C2)nn1. The number of aromatic carboxylic acids is 1. The number of nitrogens with zero attached hydrogens (tertiary/aromatic N) is 2. The zero-order chi connectivity index (χ0) is 13.2. The number of hydrogen-bond acceptors (Lipinski definition) is 6. The highest BCUT2D eigenvalue weighted by atomic mass is 32.2. The Morgan fingerprint density at radius 1 is 1.39 bits per heavy atom. The van der Waals surface area contributed by atoms with Crippen molar-refractivity contribution in [2.75, 3.05) is 16.8 Å². The van der Waals surface area contributed by atoms with E-state index < -0.39 is 15.8 Å². The maximum absolute atomic E-state index is 11.4. The standard InChI is InChI=1S/C10H13N3O4S/c14-10(15)8-3-4-9(13-12-8)11-7-2-1-5-18(16,17)6-7/h3-4,7H,1-2,5-6H2,(H,11,13)(H,14,15). The molecule has 0 aliphatic carbocycles. The fraction of sp³-hybridized carbons (Fsp3) is 0.500. The second kappa shape index (κ2) is 4.89. The summed E-state index contributed by atoms with van der Waals surface area (Å²) in [5.74, 6) is -0.444. The number of rotatable bonds is 3. The Bertz CT molecular complexity index is 541. The number of sulfone groups is 1. The lowest BCUT2D eigenvalue weighted by atomic mass is 10.2. The van der Waals surface area contributed by atoms with E-state index in [1.165, 1.54) is 12.1 Å². The van der Waals surface area contributed by atoms with Crippen molar-refractivity contribution in [1.82, 2.24) is 10.2 Å². The maximum atomic E-state index is 11.4. The number of carboxylic acid groups (broad SMARTS) is 1. The topological polar surface area (TPSA) is 109 Å². The number of carbonyl (C=O) groups is 1. The van der Waals surface area contributed by atoms with Crippen LogP contribution in [0.3, 0.4) is 0 Å². The van der Waals surface area contributed by atoms with Crippen LogP contribution in [0.15, 0.2) is 12.1 Å². The number of hydrogen-bond donors (Lipinski definition) is 2. The van der Waals surface area contributed by atoms with Crippen molar-refractivity contribution in [1.29, 1.82) is 0 Å². The largest absolute Gasteiger partial charge is 0.476 e. The molecule has 0 saturated carbocycles. The van der Waals surface area contributed by atoms with Gasteiger partial charge in [-0.25, -0.2) is 13.2 Å². The molecule has 2 N–H and O–H groups in total. The van der Waals surface area contributed by atoms with Crippen LogP contribution in [0.5, 0.6) is 0 Å². The van der Waals surface area contributed by atoms with Crippen LogP contribution in [-0.2, 0) is 9.84 Å². The van der Waals surface area contributed by atoms with Crippen molar-refractivity contribution in [3.8, 4) is 0 Å². The fourth-order valence-corrected chi connectivity index (χ4v) is 3.51. The van der Waals surface area contributed by atoms with Gasteiger partial charge in [-0.15, -0.1) is 10.2 Å². The summed E-state index contributed by atoms with van der Waals surface area (Å²) in [6, 6.07) is 2.63. The van der Waals surface area contributed by atoms with Gasteiger partial charge in [-0.05, 0) is 25.0 Å². The number of aromatic nitrogens is 2. The quantitative estimate of drug-likeness (QED) is 0.806. The molecule has 18 heavy (non-hydrogen) atoms. The highest BCUT2D eigenvalue weighted by Gasteiger charge is 2.24. The predicted molar refractivity (Wildman–Crippen MR) is 64.3 cm³/mol. The first kappa shape index (κ1) is 12.7. The minimum Gasteiger partial charge on any atom is -0.476 e. The van der Waals surface area contributed by atoms with E-state index in [9.17, 15) is 13.2 Å². The van der Waals surface area contributed by atoms with E-state index in [0.29, 0.717) is 12.2 Å². The molecule has 1 unspecified atom stereocenters. The van der Waals surface area contributed by atoms with Gasteiger partial charge in [-0.3, -0.25) is 0 Å². The number of carboxylic acids is 1. The van der Waals surface area contributed by atoms with E-state index in [4.69, 9.17) is 5.11 Å². The van der Waals surface area contributed by atoms with Gasteiger partial charge in [0, 0.05) is 6.04 Å². The van der Waals surface area contributed by atoms with Crippen molar-refractivity contribution in [2.24, 2.45) is 0 Å². The molecule has 1 aromatic heterocycles. The van der Waals surface area contributed by atoms with Crippen LogP contribution in [0.1, 0.15) is 23.3 Å². The van der Waals surface area contributed by atoms with E-state index in [-0.39, 0.29) is 23.2 Å². The van der Waals surface area contributed by atoms with Gasteiger partial charge in [0.15, 0.2) is 15.5 Å². The van der Waals surface area contributed by atoms with Crippen LogP contribution in [0.2, 0.25) is 0 Å². The lowest BCUT2D eigenvalue weighted by molar-refractivity contribution is 0.0689. The molecule has 8 heteroatoms. The molecule has 0 spiro atoms. The summed E-state index contributed by atoms with van der Waals surface area (Å²) >= 11 is 0. The summed E-state index contributed by atoms with van der Waals surface area (Å²) in [5, 5.41) is 18.8. The van der Waals surface area contributed by atoms with E-state index >= 15 is 0 Å². The summed E-state index contributed by atoms with van der Waals surface area (Å²) in [7, 11) is -2.98. The fourth-order valence-electron chi connectivity index (χ4n) is 1.87. The average molecular weight is 271 g/mol. The van der Waals surface area contributed by atoms with Crippen molar-refractivity contribution in [2.45, 2.75) is 18.9 Å². The molecule has 0 aromatic carbocycles. The second-order valence-electron chi connectivity index (χ2n) is 4.21. The van der Waals surface area contributed by atoms with Crippen LogP contribution >= 0.6 is 0 Å². The van der Waals surface area contributed by atoms with Crippen molar-refractivity contribution >= 4 is 21.6 Å². The van der Waals surface area contributed by atoms with Gasteiger partial charge < -0.3 is 10.4 Å². The van der Waals surface area contributed by atoms with Gasteiger partial charge in [0.1, 0.15) is 5.82 Å². The summed E-state index contributed by atoms with van der Waals surface area (Å²) in [6.45, 7) is 0. The highest BCUT2D eigenvalue weighted by Crippen LogP contribution is 2.15. The van der Waals surface area contributed by atoms with Gasteiger partial charge in [-0.1, -0.05) is 0 Å². The normalized spacial score (nSPS) is 22.3. The molecule has 1 aromatic rings. The molecular weight excluding hydrogens is 258 g/mol. The third-order valence-electron chi connectivity index (χ3n) is 2.70. The first-order chi connectivity index (χ1) is 8.46. The molecule has 7 nitrogen and oxygen atoms in total. The van der Waals surface area contributed by atoms with Crippen LogP contribution in [0.4, 0.5) is 5.82 Å². The molecular formula is C10H13N3O4S. The molecule has 1 saturated heterocycles. The second-order valence-corrected chi connectivity index (χ2v) is 6.44. The Labute approximate surface area is 104 Å². The van der Waals surface area contributed by atoms with Crippen molar-refractivity contribution in [3.05, 3.63) is 17.8 Å². The van der Waals surface area contributed by atoms with Gasteiger partial charge in [-0.2, -0.15) is 0 Å². The molecule has 1 aliphatic rings. The monoisotopic (exact) mass is 271 g/mol. The molecule has 1 aliphatic heterocycles. The first-order valence-corrected chi connectivity index (χ1v) is 7.32. The van der Waals surface area contributed by atoms with Crippen LogP contribution in [0, 0.1) is 0 Å². The highest BCUT2D eigenvalue weighted by molar-refractivity contribution is 7.91. The molecule has 1 atom stereocenters. The molecule has 0 bridgehead atoms. The van der Waals surface area contributed by atoms with Crippen LogP contribution in [-0.4, -0.2) is 47.2 Å². The summed E-state index contributed by atoms with van der Waals surface area (Å²) in [5.41, 5.74) is -0.142. The Morgan fingerprint density at radius 3 is 2.72 bits per heavy atom. The predicted octanol–water partition coefficient (Wildman–Crippen LogP) is 0.164. The van der Waals surface area contributed by atoms with Gasteiger partial charge in [0.05, 0.1) is 11.5 Å². The molecule has 2 heterocycles. The van der Waals surface area contributed by atoms with Crippen molar-refractivity contribution in [3.63, 3.8) is 0 Å². The van der Waals surface area contributed by atoms with Crippen molar-refractivity contribution < 1.29 is 18.3 Å². The smallest absolute Gasteiger partial charge is 0.356 e. The average Bonchev–Trinajstić information content (AvgIpc) is 2.28. The lowest BCUT2D eigenvalue weighted by Crippen LogP contribution is -2.35. The zero-order valence-corrected chi connectivity index (χ0v) is 10.4. The molecule has 2 rings (SSSR count).